The van der Waals surface area contributed by atoms with E-state index in [1.165, 1.54) is 58.7 Å². The second-order valence-corrected chi connectivity index (χ2v) is 15.0. The molecule has 0 aliphatic heterocycles. The summed E-state index contributed by atoms with van der Waals surface area (Å²) < 4.78 is 4.99. The molecule has 4 nitrogen and oxygen atoms in total. The lowest BCUT2D eigenvalue weighted by atomic mass is 10.00. The Hall–Kier alpha value is -7.21. The Morgan fingerprint density at radius 3 is 1.54 bits per heavy atom. The number of rotatable bonds is 6. The molecule has 0 aliphatic carbocycles. The lowest BCUT2D eigenvalue weighted by Gasteiger charge is -2.10. The molecule has 0 saturated carbocycles. The fourth-order valence-corrected chi connectivity index (χ4v) is 9.37. The summed E-state index contributed by atoms with van der Waals surface area (Å²) in [6.45, 7) is 0. The van der Waals surface area contributed by atoms with Crippen LogP contribution in [0.3, 0.4) is 0 Å². The number of nitrogens with zero attached hydrogens (tertiary/aromatic N) is 4. The molecule has 0 amide bonds. The van der Waals surface area contributed by atoms with Gasteiger partial charge in [0.2, 0.25) is 0 Å². The van der Waals surface area contributed by atoms with Crippen LogP contribution in [0.15, 0.2) is 194 Å². The standard InChI is InChI=1S/C51H32N4S/c1-4-14-33(15-5-1)34-26-28-39(29-27-34)55-45-25-11-10-22-41(45)42-30-31-44-43-24-13-23-40(47(43)56-48(44)46(42)55)37-20-12-21-38(32-37)51-53-49(35-16-6-2-7-17-35)52-50(54-51)36-18-8-3-9-19-36/h1-32H. The Labute approximate surface area is 327 Å². The first kappa shape index (κ1) is 32.2. The first-order chi connectivity index (χ1) is 27.8. The smallest absolute Gasteiger partial charge is 0.164 e. The van der Waals surface area contributed by atoms with Gasteiger partial charge in [-0.05, 0) is 46.5 Å². The summed E-state index contributed by atoms with van der Waals surface area (Å²) in [5.74, 6) is 1.95. The summed E-state index contributed by atoms with van der Waals surface area (Å²) in [4.78, 5) is 15.0. The molecule has 0 atom stereocenters. The molecule has 8 aromatic carbocycles. The Balaban J connectivity index is 1.08. The van der Waals surface area contributed by atoms with Crippen molar-refractivity contribution in [3.05, 3.63) is 194 Å². The number of hydrogen-bond acceptors (Lipinski definition) is 4. The Kier molecular flexibility index (Phi) is 7.64. The predicted octanol–water partition coefficient (Wildman–Crippen LogP) is 13.7. The van der Waals surface area contributed by atoms with Crippen LogP contribution in [0.2, 0.25) is 0 Å². The van der Waals surface area contributed by atoms with Crippen molar-refractivity contribution >= 4 is 53.3 Å². The number of aromatic nitrogens is 4. The first-order valence-corrected chi connectivity index (χ1v) is 19.6. The minimum Gasteiger partial charge on any atom is -0.308 e. The van der Waals surface area contributed by atoms with Gasteiger partial charge in [-0.2, -0.15) is 0 Å². The summed E-state index contributed by atoms with van der Waals surface area (Å²) in [6, 6.07) is 68.5. The van der Waals surface area contributed by atoms with Crippen LogP contribution in [-0.4, -0.2) is 19.5 Å². The first-order valence-electron chi connectivity index (χ1n) is 18.8. The minimum atomic E-state index is 0.646. The van der Waals surface area contributed by atoms with Crippen molar-refractivity contribution in [3.63, 3.8) is 0 Å². The zero-order chi connectivity index (χ0) is 37.0. The molecule has 0 bridgehead atoms. The Morgan fingerprint density at radius 2 is 0.839 bits per heavy atom. The van der Waals surface area contributed by atoms with Gasteiger partial charge in [0, 0.05) is 48.6 Å². The number of fused-ring (bicyclic) bond motifs is 7. The number of para-hydroxylation sites is 1. The van der Waals surface area contributed by atoms with E-state index in [0.717, 1.165) is 27.9 Å². The van der Waals surface area contributed by atoms with Gasteiger partial charge in [0.15, 0.2) is 17.5 Å². The Morgan fingerprint density at radius 1 is 0.339 bits per heavy atom. The topological polar surface area (TPSA) is 43.6 Å². The average molecular weight is 733 g/mol. The molecule has 5 heteroatoms. The maximum atomic E-state index is 5.02. The molecule has 0 radical (unpaired) electrons. The van der Waals surface area contributed by atoms with E-state index in [9.17, 15) is 0 Å². The predicted molar refractivity (Wildman–Crippen MR) is 234 cm³/mol. The molecule has 11 aromatic rings. The monoisotopic (exact) mass is 732 g/mol. The number of hydrogen-bond donors (Lipinski definition) is 0. The van der Waals surface area contributed by atoms with E-state index in [1.807, 2.05) is 72.0 Å². The molecule has 0 saturated heterocycles. The van der Waals surface area contributed by atoms with Crippen LogP contribution < -0.4 is 0 Å². The van der Waals surface area contributed by atoms with Gasteiger partial charge in [-0.25, -0.2) is 15.0 Å². The molecular weight excluding hydrogens is 701 g/mol. The molecule has 11 rings (SSSR count). The van der Waals surface area contributed by atoms with Crippen LogP contribution in [0.5, 0.6) is 0 Å². The van der Waals surface area contributed by atoms with Gasteiger partial charge in [0.1, 0.15) is 0 Å². The largest absolute Gasteiger partial charge is 0.308 e. The molecule has 3 aromatic heterocycles. The number of benzene rings is 8. The van der Waals surface area contributed by atoms with Gasteiger partial charge in [0.05, 0.1) is 15.7 Å². The van der Waals surface area contributed by atoms with E-state index in [0.29, 0.717) is 17.5 Å². The highest BCUT2D eigenvalue weighted by Crippen LogP contribution is 2.46. The molecule has 0 N–H and O–H groups in total. The van der Waals surface area contributed by atoms with Crippen LogP contribution in [0.1, 0.15) is 0 Å². The summed E-state index contributed by atoms with van der Waals surface area (Å²) in [6.07, 6.45) is 0. The van der Waals surface area contributed by atoms with Gasteiger partial charge in [0.25, 0.3) is 0 Å². The van der Waals surface area contributed by atoms with Crippen molar-refractivity contribution in [1.82, 2.24) is 19.5 Å². The van der Waals surface area contributed by atoms with Crippen LogP contribution in [-0.2, 0) is 0 Å². The van der Waals surface area contributed by atoms with Crippen LogP contribution in [0.4, 0.5) is 0 Å². The highest BCUT2D eigenvalue weighted by molar-refractivity contribution is 7.27. The molecule has 262 valence electrons. The summed E-state index contributed by atoms with van der Waals surface area (Å²) in [5, 5.41) is 5.03. The maximum Gasteiger partial charge on any atom is 0.164 e. The average Bonchev–Trinajstić information content (AvgIpc) is 3.84. The second kappa shape index (κ2) is 13.3. The van der Waals surface area contributed by atoms with Crippen molar-refractivity contribution in [3.8, 4) is 62.1 Å². The van der Waals surface area contributed by atoms with Crippen LogP contribution in [0, 0.1) is 0 Å². The van der Waals surface area contributed by atoms with Crippen molar-refractivity contribution in [1.29, 1.82) is 0 Å². The minimum absolute atomic E-state index is 0.646. The summed E-state index contributed by atoms with van der Waals surface area (Å²) in [5.41, 5.74) is 11.2. The van der Waals surface area contributed by atoms with Gasteiger partial charge in [-0.15, -0.1) is 11.3 Å². The van der Waals surface area contributed by atoms with Crippen LogP contribution in [0.25, 0.3) is 104 Å². The van der Waals surface area contributed by atoms with E-state index in [-0.39, 0.29) is 0 Å². The van der Waals surface area contributed by atoms with Crippen molar-refractivity contribution in [2.45, 2.75) is 0 Å². The lowest BCUT2D eigenvalue weighted by Crippen LogP contribution is -2.00. The van der Waals surface area contributed by atoms with Crippen molar-refractivity contribution in [2.75, 3.05) is 0 Å². The second-order valence-electron chi connectivity index (χ2n) is 14.0. The highest BCUT2D eigenvalue weighted by atomic mass is 32.1. The molecule has 0 spiro atoms. The van der Waals surface area contributed by atoms with Gasteiger partial charge in [-0.1, -0.05) is 170 Å². The normalized spacial score (nSPS) is 11.6. The summed E-state index contributed by atoms with van der Waals surface area (Å²) >= 11 is 1.88. The van der Waals surface area contributed by atoms with Crippen LogP contribution >= 0.6 is 11.3 Å². The van der Waals surface area contributed by atoms with E-state index < -0.39 is 0 Å². The fourth-order valence-electron chi connectivity index (χ4n) is 8.00. The fraction of sp³-hybridized carbons (Fsp3) is 0. The van der Waals surface area contributed by atoms with Crippen molar-refractivity contribution in [2.24, 2.45) is 0 Å². The van der Waals surface area contributed by atoms with E-state index in [4.69, 9.17) is 15.0 Å². The Bertz CT molecular complexity index is 3160. The SMILES string of the molecule is c1ccc(-c2ccc(-n3c4ccccc4c4ccc5c6cccc(-c7cccc(-c8nc(-c9ccccc9)nc(-c9ccccc9)n8)c7)c6sc5c43)cc2)cc1. The lowest BCUT2D eigenvalue weighted by molar-refractivity contribution is 1.07. The van der Waals surface area contributed by atoms with Gasteiger partial charge >= 0.3 is 0 Å². The molecular formula is C51H32N4S. The molecule has 0 fully saturated rings. The molecule has 0 aliphatic rings. The molecule has 3 heterocycles. The van der Waals surface area contributed by atoms with Gasteiger partial charge < -0.3 is 4.57 Å². The van der Waals surface area contributed by atoms with E-state index >= 15 is 0 Å². The zero-order valence-electron chi connectivity index (χ0n) is 30.2. The quantitative estimate of drug-likeness (QED) is 0.171. The number of thiophene rings is 1. The van der Waals surface area contributed by atoms with E-state index in [2.05, 4.69) is 138 Å². The third kappa shape index (κ3) is 5.40. The third-order valence-electron chi connectivity index (χ3n) is 10.7. The summed E-state index contributed by atoms with van der Waals surface area (Å²) in [7, 11) is 0. The molecule has 56 heavy (non-hydrogen) atoms. The maximum absolute atomic E-state index is 5.02. The third-order valence-corrected chi connectivity index (χ3v) is 11.9. The zero-order valence-corrected chi connectivity index (χ0v) is 31.0. The van der Waals surface area contributed by atoms with Gasteiger partial charge in [-0.3, -0.25) is 0 Å². The van der Waals surface area contributed by atoms with Crippen molar-refractivity contribution < 1.29 is 0 Å². The van der Waals surface area contributed by atoms with E-state index in [1.54, 1.807) is 0 Å². The highest BCUT2D eigenvalue weighted by Gasteiger charge is 2.20. The molecule has 0 unspecified atom stereocenters.